The number of benzene rings is 1. The van der Waals surface area contributed by atoms with Crippen LogP contribution in [0.5, 0.6) is 0 Å². The summed E-state index contributed by atoms with van der Waals surface area (Å²) in [6.07, 6.45) is 5.44. The Morgan fingerprint density at radius 1 is 1.06 bits per heavy atom. The molecule has 168 valence electrons. The summed E-state index contributed by atoms with van der Waals surface area (Å²) in [7, 11) is 0. The Bertz CT molecular complexity index is 1290. The standard InChI is InChI=1S/C23H23N7O2S/c1-16-15-30-20(27-33-23(30)25-16)14-21(31)29-12-10-28(11-13-29)19-5-3-2-4-18(19)22(32)26-17-6-8-24-9-7-17/h2-9,15H,10-14H2,1H3,(H,24,26,32). The summed E-state index contributed by atoms with van der Waals surface area (Å²) in [6, 6.07) is 11.1. The first-order chi connectivity index (χ1) is 16.1. The molecule has 4 heterocycles. The highest BCUT2D eigenvalue weighted by atomic mass is 32.1. The van der Waals surface area contributed by atoms with Gasteiger partial charge in [0.25, 0.3) is 5.91 Å². The SMILES string of the molecule is Cc1cn2c(CC(=O)N3CCN(c4ccccc4C(=O)Nc4ccncc4)CC3)nsc2n1. The second-order valence-corrected chi connectivity index (χ2v) is 8.62. The van der Waals surface area contributed by atoms with Crippen LogP contribution in [0.25, 0.3) is 4.96 Å². The number of rotatable bonds is 5. The predicted octanol–water partition coefficient (Wildman–Crippen LogP) is 2.64. The van der Waals surface area contributed by atoms with Crippen molar-refractivity contribution in [3.05, 3.63) is 72.1 Å². The van der Waals surface area contributed by atoms with Crippen LogP contribution in [-0.4, -0.2) is 61.6 Å². The fraction of sp³-hybridized carbons (Fsp3) is 0.261. The van der Waals surface area contributed by atoms with E-state index >= 15 is 0 Å². The van der Waals surface area contributed by atoms with Crippen LogP contribution in [0.4, 0.5) is 11.4 Å². The molecule has 1 N–H and O–H groups in total. The van der Waals surface area contributed by atoms with Gasteiger partial charge in [-0.15, -0.1) is 0 Å². The van der Waals surface area contributed by atoms with E-state index in [0.29, 0.717) is 37.4 Å². The van der Waals surface area contributed by atoms with Gasteiger partial charge in [0.1, 0.15) is 5.82 Å². The molecule has 1 saturated heterocycles. The summed E-state index contributed by atoms with van der Waals surface area (Å²) >= 11 is 1.31. The number of pyridine rings is 1. The number of aryl methyl sites for hydroxylation is 1. The van der Waals surface area contributed by atoms with Gasteiger partial charge in [0.2, 0.25) is 10.9 Å². The van der Waals surface area contributed by atoms with Gasteiger partial charge in [-0.05, 0) is 31.2 Å². The number of para-hydroxylation sites is 1. The zero-order valence-corrected chi connectivity index (χ0v) is 19.0. The van der Waals surface area contributed by atoms with Gasteiger partial charge in [-0.2, -0.15) is 4.37 Å². The fourth-order valence-electron chi connectivity index (χ4n) is 4.00. The average Bonchev–Trinajstić information content (AvgIpc) is 3.39. The first kappa shape index (κ1) is 21.1. The zero-order chi connectivity index (χ0) is 22.8. The van der Waals surface area contributed by atoms with Crippen LogP contribution in [0.3, 0.4) is 0 Å². The molecular formula is C23H23N7O2S. The average molecular weight is 462 g/mol. The van der Waals surface area contributed by atoms with E-state index in [1.807, 2.05) is 46.7 Å². The summed E-state index contributed by atoms with van der Waals surface area (Å²) < 4.78 is 6.29. The highest BCUT2D eigenvalue weighted by Crippen LogP contribution is 2.23. The summed E-state index contributed by atoms with van der Waals surface area (Å²) in [6.45, 7) is 4.42. The Balaban J connectivity index is 1.24. The Morgan fingerprint density at radius 2 is 1.82 bits per heavy atom. The van der Waals surface area contributed by atoms with E-state index in [0.717, 1.165) is 22.2 Å². The van der Waals surface area contributed by atoms with Crippen molar-refractivity contribution in [3.8, 4) is 0 Å². The molecule has 1 aromatic carbocycles. The van der Waals surface area contributed by atoms with Gasteiger partial charge in [0.05, 0.1) is 17.7 Å². The maximum atomic E-state index is 12.9. The van der Waals surface area contributed by atoms with Crippen molar-refractivity contribution in [1.82, 2.24) is 23.6 Å². The molecule has 1 aliphatic rings. The lowest BCUT2D eigenvalue weighted by molar-refractivity contribution is -0.130. The molecule has 0 spiro atoms. The van der Waals surface area contributed by atoms with Crippen molar-refractivity contribution in [2.45, 2.75) is 13.3 Å². The smallest absolute Gasteiger partial charge is 0.257 e. The number of imidazole rings is 1. The number of nitrogens with one attached hydrogen (secondary N) is 1. The lowest BCUT2D eigenvalue weighted by Crippen LogP contribution is -2.49. The molecule has 1 aliphatic heterocycles. The molecule has 9 nitrogen and oxygen atoms in total. The molecule has 5 rings (SSSR count). The van der Waals surface area contributed by atoms with Crippen molar-refractivity contribution in [2.75, 3.05) is 36.4 Å². The molecule has 33 heavy (non-hydrogen) atoms. The normalized spacial score (nSPS) is 14.0. The molecule has 3 aromatic heterocycles. The van der Waals surface area contributed by atoms with E-state index in [-0.39, 0.29) is 18.2 Å². The Morgan fingerprint density at radius 3 is 2.61 bits per heavy atom. The molecule has 2 amide bonds. The van der Waals surface area contributed by atoms with Crippen LogP contribution < -0.4 is 10.2 Å². The molecular weight excluding hydrogens is 438 g/mol. The number of carbonyl (C=O) groups is 2. The molecule has 0 atom stereocenters. The predicted molar refractivity (Wildman–Crippen MR) is 127 cm³/mol. The summed E-state index contributed by atoms with van der Waals surface area (Å²) in [5.41, 5.74) is 3.09. The first-order valence-electron chi connectivity index (χ1n) is 10.7. The number of anilines is 2. The van der Waals surface area contributed by atoms with Crippen LogP contribution in [0.1, 0.15) is 21.9 Å². The molecule has 1 fully saturated rings. The van der Waals surface area contributed by atoms with Crippen molar-refractivity contribution >= 4 is 39.7 Å². The number of piperazine rings is 1. The second kappa shape index (κ2) is 8.99. The largest absolute Gasteiger partial charge is 0.367 e. The van der Waals surface area contributed by atoms with E-state index in [1.165, 1.54) is 11.5 Å². The van der Waals surface area contributed by atoms with Crippen molar-refractivity contribution in [1.29, 1.82) is 0 Å². The summed E-state index contributed by atoms with van der Waals surface area (Å²) in [5.74, 6) is 0.608. The van der Waals surface area contributed by atoms with E-state index in [9.17, 15) is 9.59 Å². The summed E-state index contributed by atoms with van der Waals surface area (Å²) in [5, 5.41) is 2.92. The van der Waals surface area contributed by atoms with Crippen molar-refractivity contribution < 1.29 is 9.59 Å². The van der Waals surface area contributed by atoms with Crippen molar-refractivity contribution in [2.24, 2.45) is 0 Å². The third-order valence-corrected chi connectivity index (χ3v) is 6.43. The molecule has 0 saturated carbocycles. The van der Waals surface area contributed by atoms with E-state index < -0.39 is 0 Å². The van der Waals surface area contributed by atoms with Gasteiger partial charge in [0, 0.05) is 67.7 Å². The zero-order valence-electron chi connectivity index (χ0n) is 18.1. The molecule has 0 radical (unpaired) electrons. The number of hydrogen-bond acceptors (Lipinski definition) is 7. The number of fused-ring (bicyclic) bond motifs is 1. The minimum Gasteiger partial charge on any atom is -0.367 e. The molecule has 0 bridgehead atoms. The third-order valence-electron chi connectivity index (χ3n) is 5.67. The minimum atomic E-state index is -0.168. The minimum absolute atomic E-state index is 0.0527. The van der Waals surface area contributed by atoms with E-state index in [1.54, 1.807) is 24.5 Å². The molecule has 10 heteroatoms. The number of hydrogen-bond donors (Lipinski definition) is 1. The number of aromatic nitrogens is 4. The van der Waals surface area contributed by atoms with Gasteiger partial charge in [0.15, 0.2) is 0 Å². The maximum absolute atomic E-state index is 12.9. The van der Waals surface area contributed by atoms with Gasteiger partial charge in [-0.25, -0.2) is 4.98 Å². The monoisotopic (exact) mass is 461 g/mol. The van der Waals surface area contributed by atoms with Crippen LogP contribution in [0.15, 0.2) is 55.0 Å². The second-order valence-electron chi connectivity index (χ2n) is 7.89. The van der Waals surface area contributed by atoms with E-state index in [4.69, 9.17) is 0 Å². The van der Waals surface area contributed by atoms with Crippen LogP contribution >= 0.6 is 11.5 Å². The summed E-state index contributed by atoms with van der Waals surface area (Å²) in [4.78, 5) is 39.0. The van der Waals surface area contributed by atoms with Crippen LogP contribution in [0, 0.1) is 6.92 Å². The fourth-order valence-corrected chi connectivity index (χ4v) is 4.77. The number of carbonyl (C=O) groups excluding carboxylic acids is 2. The Labute approximate surface area is 194 Å². The first-order valence-corrected chi connectivity index (χ1v) is 11.5. The van der Waals surface area contributed by atoms with Gasteiger partial charge in [-0.1, -0.05) is 12.1 Å². The molecule has 4 aromatic rings. The maximum Gasteiger partial charge on any atom is 0.257 e. The molecule has 0 unspecified atom stereocenters. The highest BCUT2D eigenvalue weighted by Gasteiger charge is 2.25. The van der Waals surface area contributed by atoms with Crippen molar-refractivity contribution in [3.63, 3.8) is 0 Å². The number of amides is 2. The Hall–Kier alpha value is -3.79. The lowest BCUT2D eigenvalue weighted by Gasteiger charge is -2.36. The van der Waals surface area contributed by atoms with E-state index in [2.05, 4.69) is 24.6 Å². The third kappa shape index (κ3) is 4.42. The van der Waals surface area contributed by atoms with Gasteiger partial charge >= 0.3 is 0 Å². The highest BCUT2D eigenvalue weighted by molar-refractivity contribution is 7.11. The number of nitrogens with zero attached hydrogens (tertiary/aromatic N) is 6. The Kier molecular flexibility index (Phi) is 5.74. The molecule has 0 aliphatic carbocycles. The quantitative estimate of drug-likeness (QED) is 0.491. The van der Waals surface area contributed by atoms with Crippen LogP contribution in [-0.2, 0) is 11.2 Å². The lowest BCUT2D eigenvalue weighted by atomic mass is 10.1. The topological polar surface area (TPSA) is 95.7 Å². The van der Waals surface area contributed by atoms with Gasteiger partial charge in [-0.3, -0.25) is 19.0 Å². The van der Waals surface area contributed by atoms with Crippen LogP contribution in [0.2, 0.25) is 0 Å². The van der Waals surface area contributed by atoms with Gasteiger partial charge < -0.3 is 15.1 Å².